The van der Waals surface area contributed by atoms with Gasteiger partial charge in [0, 0.05) is 12.5 Å². The molecule has 0 fully saturated rings. The molecule has 76 valence electrons. The molecule has 14 heavy (non-hydrogen) atoms. The Balaban J connectivity index is 2.54. The van der Waals surface area contributed by atoms with E-state index in [-0.39, 0.29) is 13.0 Å². The van der Waals surface area contributed by atoms with Gasteiger partial charge in [0.1, 0.15) is 11.6 Å². The fourth-order valence-corrected chi connectivity index (χ4v) is 1.02. The van der Waals surface area contributed by atoms with Crippen LogP contribution in [0.25, 0.3) is 0 Å². The van der Waals surface area contributed by atoms with Gasteiger partial charge in [-0.05, 0) is 17.7 Å². The van der Waals surface area contributed by atoms with Crippen LogP contribution in [0.3, 0.4) is 0 Å². The van der Waals surface area contributed by atoms with Crippen molar-refractivity contribution in [3.63, 3.8) is 0 Å². The van der Waals surface area contributed by atoms with Gasteiger partial charge >= 0.3 is 6.09 Å². The van der Waals surface area contributed by atoms with Crippen molar-refractivity contribution in [3.8, 4) is 0 Å². The monoisotopic (exact) mass is 201 g/mol. The first-order chi connectivity index (χ1) is 6.58. The number of carbonyl (C=O) groups excluding carboxylic acids is 1. The molecule has 1 aromatic rings. The molecule has 0 atom stereocenters. The van der Waals surface area contributed by atoms with Gasteiger partial charge in [-0.2, -0.15) is 0 Å². The van der Waals surface area contributed by atoms with Crippen LogP contribution in [0.15, 0.2) is 18.2 Å². The molecule has 0 aliphatic heterocycles. The van der Waals surface area contributed by atoms with E-state index in [9.17, 15) is 13.6 Å². The van der Waals surface area contributed by atoms with Gasteiger partial charge in [-0.1, -0.05) is 0 Å². The Bertz CT molecular complexity index is 321. The SMILES string of the molecule is NC(=O)OCCc1cc(F)cc(F)c1. The number of carbonyl (C=O) groups is 1. The molecular formula is C9H9F2NO2. The molecule has 1 rings (SSSR count). The molecule has 0 saturated carbocycles. The molecular weight excluding hydrogens is 192 g/mol. The van der Waals surface area contributed by atoms with Gasteiger partial charge in [-0.3, -0.25) is 0 Å². The molecule has 0 saturated heterocycles. The Hall–Kier alpha value is -1.65. The van der Waals surface area contributed by atoms with Gasteiger partial charge in [-0.25, -0.2) is 13.6 Å². The quantitative estimate of drug-likeness (QED) is 0.807. The van der Waals surface area contributed by atoms with E-state index in [4.69, 9.17) is 5.73 Å². The molecule has 0 radical (unpaired) electrons. The minimum Gasteiger partial charge on any atom is -0.449 e. The molecule has 0 aromatic heterocycles. The van der Waals surface area contributed by atoms with Crippen molar-refractivity contribution in [1.29, 1.82) is 0 Å². The Kier molecular flexibility index (Phi) is 3.39. The van der Waals surface area contributed by atoms with Gasteiger partial charge < -0.3 is 10.5 Å². The summed E-state index contributed by atoms with van der Waals surface area (Å²) in [6, 6.07) is 3.12. The zero-order valence-electron chi connectivity index (χ0n) is 7.30. The van der Waals surface area contributed by atoms with Crippen LogP contribution in [0, 0.1) is 11.6 Å². The lowest BCUT2D eigenvalue weighted by Crippen LogP contribution is -2.14. The van der Waals surface area contributed by atoms with Crippen LogP contribution in [-0.2, 0) is 11.2 Å². The summed E-state index contributed by atoms with van der Waals surface area (Å²) in [5.41, 5.74) is 5.13. The summed E-state index contributed by atoms with van der Waals surface area (Å²) in [5, 5.41) is 0. The van der Waals surface area contributed by atoms with Gasteiger partial charge in [0.2, 0.25) is 0 Å². The molecule has 0 heterocycles. The van der Waals surface area contributed by atoms with Crippen molar-refractivity contribution in [3.05, 3.63) is 35.4 Å². The predicted octanol–water partition coefficient (Wildman–Crippen LogP) is 1.60. The van der Waals surface area contributed by atoms with Crippen molar-refractivity contribution in [2.45, 2.75) is 6.42 Å². The number of ether oxygens (including phenoxy) is 1. The van der Waals surface area contributed by atoms with E-state index < -0.39 is 17.7 Å². The zero-order chi connectivity index (χ0) is 10.6. The number of rotatable bonds is 3. The molecule has 0 bridgehead atoms. The highest BCUT2D eigenvalue weighted by molar-refractivity contribution is 5.64. The predicted molar refractivity (Wildman–Crippen MR) is 45.6 cm³/mol. The summed E-state index contributed by atoms with van der Waals surface area (Å²) in [4.78, 5) is 10.2. The van der Waals surface area contributed by atoms with E-state index in [0.29, 0.717) is 5.56 Å². The number of hydrogen-bond donors (Lipinski definition) is 1. The molecule has 1 amide bonds. The van der Waals surface area contributed by atoms with E-state index in [2.05, 4.69) is 4.74 Å². The second kappa shape index (κ2) is 4.55. The number of benzene rings is 1. The number of primary amides is 1. The van der Waals surface area contributed by atoms with Crippen LogP contribution >= 0.6 is 0 Å². The first-order valence-corrected chi connectivity index (χ1v) is 3.95. The summed E-state index contributed by atoms with van der Waals surface area (Å²) in [6.45, 7) is 0.0121. The molecule has 2 N–H and O–H groups in total. The van der Waals surface area contributed by atoms with E-state index >= 15 is 0 Å². The maximum atomic E-state index is 12.6. The van der Waals surface area contributed by atoms with Crippen LogP contribution in [0.1, 0.15) is 5.56 Å². The molecule has 0 aliphatic rings. The number of hydrogen-bond acceptors (Lipinski definition) is 2. The van der Waals surface area contributed by atoms with Crippen LogP contribution in [0.2, 0.25) is 0 Å². The molecule has 0 unspecified atom stereocenters. The summed E-state index contributed by atoms with van der Waals surface area (Å²) in [5.74, 6) is -1.31. The van der Waals surface area contributed by atoms with Crippen molar-refractivity contribution >= 4 is 6.09 Å². The van der Waals surface area contributed by atoms with Crippen LogP contribution in [0.4, 0.5) is 13.6 Å². The first kappa shape index (κ1) is 10.4. The average Bonchev–Trinajstić information content (AvgIpc) is 2.01. The van der Waals surface area contributed by atoms with Crippen LogP contribution in [-0.4, -0.2) is 12.7 Å². The smallest absolute Gasteiger partial charge is 0.404 e. The first-order valence-electron chi connectivity index (χ1n) is 3.95. The van der Waals surface area contributed by atoms with Gasteiger partial charge in [-0.15, -0.1) is 0 Å². The maximum absolute atomic E-state index is 12.6. The third kappa shape index (κ3) is 3.38. The lowest BCUT2D eigenvalue weighted by atomic mass is 10.1. The molecule has 0 spiro atoms. The van der Waals surface area contributed by atoms with E-state index in [0.717, 1.165) is 6.07 Å². The average molecular weight is 201 g/mol. The third-order valence-electron chi connectivity index (χ3n) is 1.56. The highest BCUT2D eigenvalue weighted by Crippen LogP contribution is 2.08. The second-order valence-corrected chi connectivity index (χ2v) is 2.70. The summed E-state index contributed by atoms with van der Waals surface area (Å²) in [6.07, 6.45) is -0.667. The molecule has 5 heteroatoms. The zero-order valence-corrected chi connectivity index (χ0v) is 7.30. The van der Waals surface area contributed by atoms with E-state index in [1.54, 1.807) is 0 Å². The lowest BCUT2D eigenvalue weighted by Gasteiger charge is -2.02. The molecule has 0 aliphatic carbocycles. The van der Waals surface area contributed by atoms with Crippen molar-refractivity contribution in [2.24, 2.45) is 5.73 Å². The molecule has 3 nitrogen and oxygen atoms in total. The normalized spacial score (nSPS) is 9.86. The highest BCUT2D eigenvalue weighted by Gasteiger charge is 2.01. The van der Waals surface area contributed by atoms with Crippen molar-refractivity contribution in [2.75, 3.05) is 6.61 Å². The summed E-state index contributed by atoms with van der Waals surface area (Å²) < 4.78 is 29.7. The second-order valence-electron chi connectivity index (χ2n) is 2.70. The fourth-order valence-electron chi connectivity index (χ4n) is 1.02. The lowest BCUT2D eigenvalue weighted by molar-refractivity contribution is 0.158. The maximum Gasteiger partial charge on any atom is 0.404 e. The van der Waals surface area contributed by atoms with Gasteiger partial charge in [0.05, 0.1) is 6.61 Å². The Morgan fingerprint density at radius 1 is 1.29 bits per heavy atom. The van der Waals surface area contributed by atoms with Crippen molar-refractivity contribution < 1.29 is 18.3 Å². The Labute approximate surface area is 79.5 Å². The van der Waals surface area contributed by atoms with Crippen LogP contribution in [0.5, 0.6) is 0 Å². The topological polar surface area (TPSA) is 52.3 Å². The number of halogens is 2. The fraction of sp³-hybridized carbons (Fsp3) is 0.222. The summed E-state index contributed by atoms with van der Waals surface area (Å²) >= 11 is 0. The summed E-state index contributed by atoms with van der Waals surface area (Å²) in [7, 11) is 0. The van der Waals surface area contributed by atoms with Crippen molar-refractivity contribution in [1.82, 2.24) is 0 Å². The number of amides is 1. The molecule has 1 aromatic carbocycles. The Morgan fingerprint density at radius 3 is 2.36 bits per heavy atom. The minimum atomic E-state index is -0.901. The Morgan fingerprint density at radius 2 is 1.86 bits per heavy atom. The van der Waals surface area contributed by atoms with E-state index in [1.165, 1.54) is 12.1 Å². The largest absolute Gasteiger partial charge is 0.449 e. The minimum absolute atomic E-state index is 0.0121. The highest BCUT2D eigenvalue weighted by atomic mass is 19.1. The van der Waals surface area contributed by atoms with E-state index in [1.807, 2.05) is 0 Å². The van der Waals surface area contributed by atoms with Gasteiger partial charge in [0.25, 0.3) is 0 Å². The third-order valence-corrected chi connectivity index (χ3v) is 1.56. The van der Waals surface area contributed by atoms with Gasteiger partial charge in [0.15, 0.2) is 0 Å². The van der Waals surface area contributed by atoms with Crippen LogP contribution < -0.4 is 5.73 Å². The number of nitrogens with two attached hydrogens (primary N) is 1. The standard InChI is InChI=1S/C9H9F2NO2/c10-7-3-6(4-8(11)5-7)1-2-14-9(12)13/h3-5H,1-2H2,(H2,12,13).